The molecule has 0 aliphatic carbocycles. The lowest BCUT2D eigenvalue weighted by molar-refractivity contribution is -0.148. The van der Waals surface area contributed by atoms with E-state index in [1.165, 1.54) is 18.7 Å². The van der Waals surface area contributed by atoms with Gasteiger partial charge in [-0.15, -0.1) is 0 Å². The van der Waals surface area contributed by atoms with Gasteiger partial charge in [-0.1, -0.05) is 0 Å². The van der Waals surface area contributed by atoms with Gasteiger partial charge in [-0.25, -0.2) is 9.59 Å². The smallest absolute Gasteiger partial charge is 0.329 e. The van der Waals surface area contributed by atoms with E-state index in [0.717, 1.165) is 19.3 Å². The Labute approximate surface area is 114 Å². The number of aliphatic carboxylic acids is 1. The predicted octanol–water partition coefficient (Wildman–Crippen LogP) is 1.14. The standard InChI is InChI=1S/C13H24N2O4/c1-4-15(13(2,3)11(17)18)12(19)14-8-6-5-7-10(14)9-16/h10,16H,4-9H2,1-3H3,(H,17,18). The fourth-order valence-corrected chi connectivity index (χ4v) is 2.48. The van der Waals surface area contributed by atoms with Crippen molar-refractivity contribution in [3.63, 3.8) is 0 Å². The highest BCUT2D eigenvalue weighted by atomic mass is 16.4. The number of carbonyl (C=O) groups is 2. The maximum atomic E-state index is 12.5. The Morgan fingerprint density at radius 1 is 1.37 bits per heavy atom. The highest BCUT2D eigenvalue weighted by molar-refractivity contribution is 5.85. The van der Waals surface area contributed by atoms with Crippen LogP contribution < -0.4 is 0 Å². The maximum Gasteiger partial charge on any atom is 0.329 e. The van der Waals surface area contributed by atoms with E-state index in [1.807, 2.05) is 0 Å². The number of nitrogens with zero attached hydrogens (tertiary/aromatic N) is 2. The van der Waals surface area contributed by atoms with E-state index in [9.17, 15) is 19.8 Å². The molecule has 1 aliphatic heterocycles. The summed E-state index contributed by atoms with van der Waals surface area (Å²) in [7, 11) is 0. The zero-order valence-electron chi connectivity index (χ0n) is 11.9. The third-order valence-corrected chi connectivity index (χ3v) is 3.83. The van der Waals surface area contributed by atoms with Gasteiger partial charge in [-0.2, -0.15) is 0 Å². The lowest BCUT2D eigenvalue weighted by Gasteiger charge is -2.42. The van der Waals surface area contributed by atoms with Gasteiger partial charge in [0.1, 0.15) is 5.54 Å². The van der Waals surface area contributed by atoms with Crippen molar-refractivity contribution in [2.75, 3.05) is 19.7 Å². The van der Waals surface area contributed by atoms with Crippen LogP contribution in [0.4, 0.5) is 4.79 Å². The van der Waals surface area contributed by atoms with Crippen LogP contribution in [0.2, 0.25) is 0 Å². The highest BCUT2D eigenvalue weighted by Crippen LogP contribution is 2.22. The van der Waals surface area contributed by atoms with Crippen LogP contribution in [0.15, 0.2) is 0 Å². The van der Waals surface area contributed by atoms with Crippen molar-refractivity contribution < 1.29 is 19.8 Å². The van der Waals surface area contributed by atoms with Crippen molar-refractivity contribution in [2.24, 2.45) is 0 Å². The van der Waals surface area contributed by atoms with Crippen LogP contribution in [0.3, 0.4) is 0 Å². The van der Waals surface area contributed by atoms with Crippen LogP contribution in [-0.2, 0) is 4.79 Å². The largest absolute Gasteiger partial charge is 0.480 e. The number of likely N-dealkylation sites (N-methyl/N-ethyl adjacent to an activating group) is 1. The van der Waals surface area contributed by atoms with Gasteiger partial charge in [0, 0.05) is 13.1 Å². The second-order valence-corrected chi connectivity index (χ2v) is 5.42. The first-order valence-electron chi connectivity index (χ1n) is 6.78. The van der Waals surface area contributed by atoms with E-state index >= 15 is 0 Å². The molecule has 1 atom stereocenters. The number of hydrogen-bond acceptors (Lipinski definition) is 3. The summed E-state index contributed by atoms with van der Waals surface area (Å²) in [6.45, 7) is 5.64. The molecule has 0 aromatic rings. The Morgan fingerprint density at radius 2 is 2.00 bits per heavy atom. The predicted molar refractivity (Wildman–Crippen MR) is 70.9 cm³/mol. The summed E-state index contributed by atoms with van der Waals surface area (Å²) in [5.74, 6) is -1.03. The first-order chi connectivity index (χ1) is 8.86. The molecule has 1 rings (SSSR count). The average molecular weight is 272 g/mol. The number of carbonyl (C=O) groups excluding carboxylic acids is 1. The van der Waals surface area contributed by atoms with Crippen LogP contribution in [0.5, 0.6) is 0 Å². The van der Waals surface area contributed by atoms with Crippen LogP contribution in [0, 0.1) is 0 Å². The molecule has 2 amide bonds. The summed E-state index contributed by atoms with van der Waals surface area (Å²) < 4.78 is 0. The van der Waals surface area contributed by atoms with E-state index < -0.39 is 11.5 Å². The molecule has 1 heterocycles. The molecule has 1 saturated heterocycles. The summed E-state index contributed by atoms with van der Waals surface area (Å²) in [5.41, 5.74) is -1.25. The second-order valence-electron chi connectivity index (χ2n) is 5.42. The zero-order chi connectivity index (χ0) is 14.6. The van der Waals surface area contributed by atoms with E-state index in [4.69, 9.17) is 0 Å². The van der Waals surface area contributed by atoms with Gasteiger partial charge in [0.05, 0.1) is 12.6 Å². The summed E-state index contributed by atoms with van der Waals surface area (Å²) in [4.78, 5) is 26.8. The summed E-state index contributed by atoms with van der Waals surface area (Å²) in [6.07, 6.45) is 2.66. The monoisotopic (exact) mass is 272 g/mol. The molecule has 0 aromatic carbocycles. The molecule has 2 N–H and O–H groups in total. The molecule has 0 radical (unpaired) electrons. The van der Waals surface area contributed by atoms with Crippen LogP contribution in [-0.4, -0.2) is 63.3 Å². The van der Waals surface area contributed by atoms with Crippen LogP contribution in [0.1, 0.15) is 40.0 Å². The first kappa shape index (κ1) is 15.8. The lowest BCUT2D eigenvalue weighted by atomic mass is 10.0. The molecule has 0 bridgehead atoms. The van der Waals surface area contributed by atoms with E-state index in [-0.39, 0.29) is 18.7 Å². The van der Waals surface area contributed by atoms with Gasteiger partial charge in [0.25, 0.3) is 0 Å². The Balaban J connectivity index is 2.91. The molecule has 6 nitrogen and oxygen atoms in total. The number of piperidine rings is 1. The molecule has 6 heteroatoms. The van der Waals surface area contributed by atoms with Gasteiger partial charge in [0.15, 0.2) is 0 Å². The Morgan fingerprint density at radius 3 is 2.47 bits per heavy atom. The third kappa shape index (κ3) is 3.18. The van der Waals surface area contributed by atoms with Gasteiger partial charge in [0.2, 0.25) is 0 Å². The van der Waals surface area contributed by atoms with Crippen molar-refractivity contribution in [1.82, 2.24) is 9.80 Å². The molecule has 0 saturated carbocycles. The third-order valence-electron chi connectivity index (χ3n) is 3.83. The minimum atomic E-state index is -1.25. The molecule has 1 fully saturated rings. The van der Waals surface area contributed by atoms with Crippen molar-refractivity contribution >= 4 is 12.0 Å². The van der Waals surface area contributed by atoms with Crippen LogP contribution in [0.25, 0.3) is 0 Å². The number of aliphatic hydroxyl groups excluding tert-OH is 1. The molecule has 1 aliphatic rings. The van der Waals surface area contributed by atoms with Crippen molar-refractivity contribution in [2.45, 2.75) is 51.6 Å². The zero-order valence-corrected chi connectivity index (χ0v) is 11.9. The number of carboxylic acid groups (broad SMARTS) is 1. The number of likely N-dealkylation sites (tertiary alicyclic amines) is 1. The van der Waals surface area contributed by atoms with E-state index in [0.29, 0.717) is 13.1 Å². The quantitative estimate of drug-likeness (QED) is 0.804. The minimum absolute atomic E-state index is 0.0726. The molecular weight excluding hydrogens is 248 g/mol. The Bertz CT molecular complexity index is 344. The normalized spacial score (nSPS) is 20.2. The van der Waals surface area contributed by atoms with E-state index in [2.05, 4.69) is 0 Å². The summed E-state index contributed by atoms with van der Waals surface area (Å²) in [6, 6.07) is -0.492. The average Bonchev–Trinajstić information content (AvgIpc) is 2.38. The fraction of sp³-hybridized carbons (Fsp3) is 0.846. The van der Waals surface area contributed by atoms with Crippen LogP contribution >= 0.6 is 0 Å². The van der Waals surface area contributed by atoms with E-state index in [1.54, 1.807) is 11.8 Å². The first-order valence-corrected chi connectivity index (χ1v) is 6.78. The Kier molecular flexibility index (Phi) is 5.17. The van der Waals surface area contributed by atoms with Gasteiger partial charge in [-0.3, -0.25) is 0 Å². The molecule has 19 heavy (non-hydrogen) atoms. The maximum absolute atomic E-state index is 12.5. The molecule has 0 spiro atoms. The number of amides is 2. The SMILES string of the molecule is CCN(C(=O)N1CCCCC1CO)C(C)(C)C(=O)O. The van der Waals surface area contributed by atoms with Gasteiger partial charge < -0.3 is 20.0 Å². The molecule has 1 unspecified atom stereocenters. The topological polar surface area (TPSA) is 81.1 Å². The summed E-state index contributed by atoms with van der Waals surface area (Å²) >= 11 is 0. The highest BCUT2D eigenvalue weighted by Gasteiger charge is 2.40. The van der Waals surface area contributed by atoms with Gasteiger partial charge >= 0.3 is 12.0 Å². The number of aliphatic hydroxyl groups is 1. The fourth-order valence-electron chi connectivity index (χ4n) is 2.48. The lowest BCUT2D eigenvalue weighted by Crippen LogP contribution is -2.59. The Hall–Kier alpha value is -1.30. The molecular formula is C13H24N2O4. The number of rotatable bonds is 4. The molecule has 110 valence electrons. The minimum Gasteiger partial charge on any atom is -0.480 e. The summed E-state index contributed by atoms with van der Waals surface area (Å²) in [5, 5.41) is 18.6. The number of urea groups is 1. The number of hydrogen-bond donors (Lipinski definition) is 2. The van der Waals surface area contributed by atoms with Crippen molar-refractivity contribution in [3.05, 3.63) is 0 Å². The second kappa shape index (κ2) is 6.23. The van der Waals surface area contributed by atoms with Crippen molar-refractivity contribution in [1.29, 1.82) is 0 Å². The van der Waals surface area contributed by atoms with Crippen molar-refractivity contribution in [3.8, 4) is 0 Å². The molecule has 0 aromatic heterocycles. The number of carboxylic acids is 1. The van der Waals surface area contributed by atoms with Gasteiger partial charge in [-0.05, 0) is 40.0 Å².